The van der Waals surface area contributed by atoms with Gasteiger partial charge >= 0.3 is 0 Å². The monoisotopic (exact) mass is 334 g/mol. The Morgan fingerprint density at radius 3 is 2.58 bits per heavy atom. The third kappa shape index (κ3) is 3.59. The van der Waals surface area contributed by atoms with E-state index in [1.165, 1.54) is 11.1 Å². The SMILES string of the molecule is O=C(CCN1CCc2ccccc2C1)Nc1ccc(F)c(F)c1F. The Morgan fingerprint density at radius 2 is 1.79 bits per heavy atom. The van der Waals surface area contributed by atoms with Gasteiger partial charge < -0.3 is 5.32 Å². The third-order valence-electron chi connectivity index (χ3n) is 4.17. The van der Waals surface area contributed by atoms with Crippen LogP contribution in [0.5, 0.6) is 0 Å². The van der Waals surface area contributed by atoms with Crippen LogP contribution >= 0.6 is 0 Å². The van der Waals surface area contributed by atoms with Crippen molar-refractivity contribution >= 4 is 11.6 Å². The molecule has 0 saturated carbocycles. The summed E-state index contributed by atoms with van der Waals surface area (Å²) in [5.41, 5.74) is 2.22. The average molecular weight is 334 g/mol. The van der Waals surface area contributed by atoms with Gasteiger partial charge in [-0.25, -0.2) is 13.2 Å². The van der Waals surface area contributed by atoms with Crippen molar-refractivity contribution in [2.24, 2.45) is 0 Å². The fourth-order valence-corrected chi connectivity index (χ4v) is 2.84. The van der Waals surface area contributed by atoms with Crippen LogP contribution < -0.4 is 5.32 Å². The van der Waals surface area contributed by atoms with Gasteiger partial charge in [0.1, 0.15) is 0 Å². The fourth-order valence-electron chi connectivity index (χ4n) is 2.84. The predicted octanol–water partition coefficient (Wildman–Crippen LogP) is 3.49. The maximum absolute atomic E-state index is 13.5. The minimum absolute atomic E-state index is 0.153. The molecule has 0 saturated heterocycles. The minimum atomic E-state index is -1.58. The molecular weight excluding hydrogens is 317 g/mol. The highest BCUT2D eigenvalue weighted by Gasteiger charge is 2.18. The number of amides is 1. The molecule has 0 radical (unpaired) electrons. The van der Waals surface area contributed by atoms with E-state index in [4.69, 9.17) is 0 Å². The highest BCUT2D eigenvalue weighted by molar-refractivity contribution is 5.90. The molecule has 0 unspecified atom stereocenters. The first-order valence-electron chi connectivity index (χ1n) is 7.77. The molecule has 0 aromatic heterocycles. The third-order valence-corrected chi connectivity index (χ3v) is 4.17. The van der Waals surface area contributed by atoms with E-state index in [9.17, 15) is 18.0 Å². The van der Waals surface area contributed by atoms with Crippen LogP contribution in [0.25, 0.3) is 0 Å². The van der Waals surface area contributed by atoms with E-state index in [2.05, 4.69) is 22.3 Å². The molecule has 6 heteroatoms. The van der Waals surface area contributed by atoms with Crippen LogP contribution in [-0.4, -0.2) is 23.9 Å². The molecule has 2 aromatic carbocycles. The molecule has 0 fully saturated rings. The summed E-state index contributed by atoms with van der Waals surface area (Å²) in [6.07, 6.45) is 1.08. The van der Waals surface area contributed by atoms with Crippen molar-refractivity contribution in [2.75, 3.05) is 18.4 Å². The van der Waals surface area contributed by atoms with Crippen LogP contribution in [0, 0.1) is 17.5 Å². The topological polar surface area (TPSA) is 32.3 Å². The van der Waals surface area contributed by atoms with Crippen molar-refractivity contribution in [1.29, 1.82) is 0 Å². The molecule has 0 aliphatic carbocycles. The minimum Gasteiger partial charge on any atom is -0.323 e. The Bertz CT molecular complexity index is 764. The molecular formula is C18H17F3N2O. The van der Waals surface area contributed by atoms with Crippen molar-refractivity contribution in [2.45, 2.75) is 19.4 Å². The van der Waals surface area contributed by atoms with E-state index in [1.54, 1.807) is 0 Å². The first-order chi connectivity index (χ1) is 11.5. The van der Waals surface area contributed by atoms with Crippen LogP contribution in [0.1, 0.15) is 17.5 Å². The number of fused-ring (bicyclic) bond motifs is 1. The zero-order chi connectivity index (χ0) is 17.1. The van der Waals surface area contributed by atoms with Gasteiger partial charge in [0, 0.05) is 26.1 Å². The van der Waals surface area contributed by atoms with Gasteiger partial charge in [-0.2, -0.15) is 0 Å². The van der Waals surface area contributed by atoms with Crippen molar-refractivity contribution < 1.29 is 18.0 Å². The number of carbonyl (C=O) groups is 1. The molecule has 0 bridgehead atoms. The lowest BCUT2D eigenvalue weighted by Gasteiger charge is -2.28. The van der Waals surface area contributed by atoms with E-state index in [0.717, 1.165) is 31.6 Å². The molecule has 24 heavy (non-hydrogen) atoms. The standard InChI is InChI=1S/C18H17F3N2O/c19-14-5-6-15(18(21)17(14)20)22-16(24)8-10-23-9-7-12-3-1-2-4-13(12)11-23/h1-6H,7-11H2,(H,22,24). The molecule has 1 aliphatic heterocycles. The lowest BCUT2D eigenvalue weighted by molar-refractivity contribution is -0.116. The Morgan fingerprint density at radius 1 is 1.04 bits per heavy atom. The van der Waals surface area contributed by atoms with E-state index in [-0.39, 0.29) is 12.1 Å². The first kappa shape index (κ1) is 16.5. The zero-order valence-electron chi connectivity index (χ0n) is 13.0. The van der Waals surface area contributed by atoms with Gasteiger partial charge in [-0.15, -0.1) is 0 Å². The van der Waals surface area contributed by atoms with E-state index in [0.29, 0.717) is 6.54 Å². The molecule has 126 valence electrons. The normalized spacial score (nSPS) is 14.3. The first-order valence-corrected chi connectivity index (χ1v) is 7.77. The summed E-state index contributed by atoms with van der Waals surface area (Å²) in [6, 6.07) is 9.97. The number of carbonyl (C=O) groups excluding carboxylic acids is 1. The molecule has 0 atom stereocenters. The number of hydrogen-bond acceptors (Lipinski definition) is 2. The Hall–Kier alpha value is -2.34. The smallest absolute Gasteiger partial charge is 0.225 e. The summed E-state index contributed by atoms with van der Waals surface area (Å²) >= 11 is 0. The van der Waals surface area contributed by atoms with Gasteiger partial charge in [0.15, 0.2) is 17.5 Å². The van der Waals surface area contributed by atoms with Gasteiger partial charge in [-0.1, -0.05) is 24.3 Å². The Labute approximate surface area is 138 Å². The second-order valence-electron chi connectivity index (χ2n) is 5.82. The number of hydrogen-bond donors (Lipinski definition) is 1. The zero-order valence-corrected chi connectivity index (χ0v) is 13.0. The quantitative estimate of drug-likeness (QED) is 0.868. The number of nitrogens with one attached hydrogen (secondary N) is 1. The lowest BCUT2D eigenvalue weighted by Crippen LogP contribution is -2.33. The van der Waals surface area contributed by atoms with Crippen LogP contribution in [0.3, 0.4) is 0 Å². The number of anilines is 1. The fraction of sp³-hybridized carbons (Fsp3) is 0.278. The molecule has 1 heterocycles. The average Bonchev–Trinajstić information content (AvgIpc) is 2.60. The summed E-state index contributed by atoms with van der Waals surface area (Å²) in [5, 5.41) is 2.29. The summed E-state index contributed by atoms with van der Waals surface area (Å²) in [5.74, 6) is -4.67. The lowest BCUT2D eigenvalue weighted by atomic mass is 10.00. The Balaban J connectivity index is 1.54. The van der Waals surface area contributed by atoms with Gasteiger partial charge in [0.05, 0.1) is 5.69 Å². The van der Waals surface area contributed by atoms with Crippen molar-refractivity contribution in [3.05, 3.63) is 65.0 Å². The maximum Gasteiger partial charge on any atom is 0.225 e. The molecule has 2 aromatic rings. The molecule has 3 nitrogen and oxygen atoms in total. The van der Waals surface area contributed by atoms with E-state index < -0.39 is 23.4 Å². The highest BCUT2D eigenvalue weighted by Crippen LogP contribution is 2.21. The Kier molecular flexibility index (Phi) is 4.85. The van der Waals surface area contributed by atoms with Crippen molar-refractivity contribution in [3.8, 4) is 0 Å². The van der Waals surface area contributed by atoms with E-state index >= 15 is 0 Å². The summed E-state index contributed by atoms with van der Waals surface area (Å²) in [6.45, 7) is 2.14. The van der Waals surface area contributed by atoms with Gasteiger partial charge in [0.25, 0.3) is 0 Å². The van der Waals surface area contributed by atoms with Crippen LogP contribution in [0.15, 0.2) is 36.4 Å². The van der Waals surface area contributed by atoms with Crippen LogP contribution in [0.2, 0.25) is 0 Å². The van der Waals surface area contributed by atoms with Crippen molar-refractivity contribution in [1.82, 2.24) is 4.90 Å². The number of rotatable bonds is 4. The van der Waals surface area contributed by atoms with E-state index in [1.807, 2.05) is 12.1 Å². The second-order valence-corrected chi connectivity index (χ2v) is 5.82. The summed E-state index contributed by atoms with van der Waals surface area (Å²) in [4.78, 5) is 14.1. The number of nitrogens with zero attached hydrogens (tertiary/aromatic N) is 1. The van der Waals surface area contributed by atoms with Gasteiger partial charge in [-0.3, -0.25) is 9.69 Å². The van der Waals surface area contributed by atoms with Crippen molar-refractivity contribution in [3.63, 3.8) is 0 Å². The summed E-state index contributed by atoms with van der Waals surface area (Å²) in [7, 11) is 0. The highest BCUT2D eigenvalue weighted by atomic mass is 19.2. The molecule has 0 spiro atoms. The number of benzene rings is 2. The van der Waals surface area contributed by atoms with Gasteiger partial charge in [-0.05, 0) is 29.7 Å². The van der Waals surface area contributed by atoms with Crippen LogP contribution in [-0.2, 0) is 17.8 Å². The summed E-state index contributed by atoms with van der Waals surface area (Å²) < 4.78 is 39.6. The molecule has 1 amide bonds. The van der Waals surface area contributed by atoms with Gasteiger partial charge in [0.2, 0.25) is 5.91 Å². The number of halogens is 3. The second kappa shape index (κ2) is 7.05. The molecule has 3 rings (SSSR count). The maximum atomic E-state index is 13.5. The largest absolute Gasteiger partial charge is 0.323 e. The molecule has 1 N–H and O–H groups in total. The van der Waals surface area contributed by atoms with Crippen LogP contribution in [0.4, 0.5) is 18.9 Å². The molecule has 1 aliphatic rings. The predicted molar refractivity (Wildman–Crippen MR) is 85.0 cm³/mol.